The van der Waals surface area contributed by atoms with E-state index in [4.69, 9.17) is 11.6 Å². The van der Waals surface area contributed by atoms with Gasteiger partial charge in [0.1, 0.15) is 0 Å². The molecule has 0 saturated carbocycles. The third-order valence-electron chi connectivity index (χ3n) is 3.46. The van der Waals surface area contributed by atoms with Gasteiger partial charge in [-0.25, -0.2) is 0 Å². The Morgan fingerprint density at radius 1 is 1.30 bits per heavy atom. The molecule has 3 nitrogen and oxygen atoms in total. The third-order valence-corrected chi connectivity index (χ3v) is 3.70. The lowest BCUT2D eigenvalue weighted by molar-refractivity contribution is 0.589. The van der Waals surface area contributed by atoms with Crippen molar-refractivity contribution in [3.8, 4) is 11.1 Å². The van der Waals surface area contributed by atoms with Crippen LogP contribution >= 0.6 is 11.6 Å². The molecule has 0 saturated heterocycles. The molecule has 1 N–H and O–H groups in total. The second-order valence-electron chi connectivity index (χ2n) is 5.30. The van der Waals surface area contributed by atoms with Crippen LogP contribution in [0, 0.1) is 6.92 Å². The van der Waals surface area contributed by atoms with E-state index in [0.29, 0.717) is 6.04 Å². The average Bonchev–Trinajstić information content (AvgIpc) is 2.77. The first-order valence-electron chi connectivity index (χ1n) is 7.07. The Morgan fingerprint density at radius 2 is 2.05 bits per heavy atom. The molecule has 0 aliphatic heterocycles. The summed E-state index contributed by atoms with van der Waals surface area (Å²) in [6.45, 7) is 10.2. The number of rotatable bonds is 5. The zero-order valence-corrected chi connectivity index (χ0v) is 13.3. The van der Waals surface area contributed by atoms with Crippen LogP contribution in [0.15, 0.2) is 24.4 Å². The Kier molecular flexibility index (Phi) is 4.84. The Bertz CT molecular complexity index is 587. The SMILES string of the molecule is CCn1ncc(-c2ccc(Cl)cc2CNC(C)C)c1C. The number of nitrogens with zero attached hydrogens (tertiary/aromatic N) is 2. The first-order chi connectivity index (χ1) is 9.52. The van der Waals surface area contributed by atoms with Gasteiger partial charge in [0.15, 0.2) is 0 Å². The maximum absolute atomic E-state index is 6.14. The van der Waals surface area contributed by atoms with Gasteiger partial charge in [-0.2, -0.15) is 5.10 Å². The van der Waals surface area contributed by atoms with Crippen LogP contribution in [0.1, 0.15) is 32.0 Å². The van der Waals surface area contributed by atoms with Gasteiger partial charge in [0.25, 0.3) is 0 Å². The van der Waals surface area contributed by atoms with Gasteiger partial charge in [0.05, 0.1) is 6.20 Å². The number of aryl methyl sites for hydroxylation is 1. The van der Waals surface area contributed by atoms with Crippen molar-refractivity contribution in [1.82, 2.24) is 15.1 Å². The van der Waals surface area contributed by atoms with E-state index >= 15 is 0 Å². The first-order valence-corrected chi connectivity index (χ1v) is 7.45. The maximum Gasteiger partial charge on any atom is 0.0571 e. The smallest absolute Gasteiger partial charge is 0.0571 e. The lowest BCUT2D eigenvalue weighted by atomic mass is 10.00. The molecule has 20 heavy (non-hydrogen) atoms. The Balaban J connectivity index is 2.41. The van der Waals surface area contributed by atoms with E-state index in [1.165, 1.54) is 22.4 Å². The summed E-state index contributed by atoms with van der Waals surface area (Å²) in [5.74, 6) is 0. The highest BCUT2D eigenvalue weighted by molar-refractivity contribution is 6.30. The summed E-state index contributed by atoms with van der Waals surface area (Å²) in [6, 6.07) is 6.51. The van der Waals surface area contributed by atoms with E-state index in [-0.39, 0.29) is 0 Å². The fourth-order valence-electron chi connectivity index (χ4n) is 2.32. The van der Waals surface area contributed by atoms with E-state index in [9.17, 15) is 0 Å². The fraction of sp³-hybridized carbons (Fsp3) is 0.438. The minimum Gasteiger partial charge on any atom is -0.310 e. The summed E-state index contributed by atoms with van der Waals surface area (Å²) in [6.07, 6.45) is 1.95. The maximum atomic E-state index is 6.14. The summed E-state index contributed by atoms with van der Waals surface area (Å²) >= 11 is 6.14. The Morgan fingerprint density at radius 3 is 2.65 bits per heavy atom. The summed E-state index contributed by atoms with van der Waals surface area (Å²) < 4.78 is 2.02. The lowest BCUT2D eigenvalue weighted by Crippen LogP contribution is -2.22. The van der Waals surface area contributed by atoms with Crippen molar-refractivity contribution < 1.29 is 0 Å². The zero-order chi connectivity index (χ0) is 14.7. The molecule has 0 aliphatic rings. The van der Waals surface area contributed by atoms with Crippen molar-refractivity contribution in [3.63, 3.8) is 0 Å². The van der Waals surface area contributed by atoms with Crippen molar-refractivity contribution in [3.05, 3.63) is 40.7 Å². The van der Waals surface area contributed by atoms with Gasteiger partial charge in [0.2, 0.25) is 0 Å². The summed E-state index contributed by atoms with van der Waals surface area (Å²) in [7, 11) is 0. The minimum absolute atomic E-state index is 0.446. The Hall–Kier alpha value is -1.32. The van der Waals surface area contributed by atoms with Crippen molar-refractivity contribution >= 4 is 11.6 Å². The van der Waals surface area contributed by atoms with Crippen molar-refractivity contribution in [2.45, 2.75) is 46.8 Å². The fourth-order valence-corrected chi connectivity index (χ4v) is 2.51. The van der Waals surface area contributed by atoms with Crippen LogP contribution in [-0.4, -0.2) is 15.8 Å². The quantitative estimate of drug-likeness (QED) is 0.901. The van der Waals surface area contributed by atoms with Crippen molar-refractivity contribution in [2.24, 2.45) is 0 Å². The van der Waals surface area contributed by atoms with Gasteiger partial charge in [-0.15, -0.1) is 0 Å². The zero-order valence-electron chi connectivity index (χ0n) is 12.6. The molecular formula is C16H22ClN3. The molecule has 0 radical (unpaired) electrons. The molecule has 1 heterocycles. The highest BCUT2D eigenvalue weighted by atomic mass is 35.5. The standard InChI is InChI=1S/C16H22ClN3/c1-5-20-12(4)16(10-19-20)15-7-6-14(17)8-13(15)9-18-11(2)3/h6-8,10-11,18H,5,9H2,1-4H3. The Labute approximate surface area is 126 Å². The van der Waals surface area contributed by atoms with Crippen LogP contribution in [0.25, 0.3) is 11.1 Å². The van der Waals surface area contributed by atoms with Gasteiger partial charge in [-0.05, 0) is 37.1 Å². The molecule has 0 unspecified atom stereocenters. The lowest BCUT2D eigenvalue weighted by Gasteiger charge is -2.13. The molecule has 108 valence electrons. The minimum atomic E-state index is 0.446. The number of aromatic nitrogens is 2. The largest absolute Gasteiger partial charge is 0.310 e. The van der Waals surface area contributed by atoms with Crippen LogP contribution in [0.4, 0.5) is 0 Å². The second-order valence-corrected chi connectivity index (χ2v) is 5.73. The molecule has 0 aliphatic carbocycles. The van der Waals surface area contributed by atoms with E-state index in [1.807, 2.05) is 23.0 Å². The van der Waals surface area contributed by atoms with Crippen LogP contribution in [0.2, 0.25) is 5.02 Å². The second kappa shape index (κ2) is 6.42. The van der Waals surface area contributed by atoms with Crippen LogP contribution < -0.4 is 5.32 Å². The molecule has 0 amide bonds. The molecule has 0 bridgehead atoms. The van der Waals surface area contributed by atoms with E-state index in [1.54, 1.807) is 0 Å². The van der Waals surface area contributed by atoms with Crippen LogP contribution in [-0.2, 0) is 13.1 Å². The highest BCUT2D eigenvalue weighted by Gasteiger charge is 2.12. The van der Waals surface area contributed by atoms with Crippen LogP contribution in [0.3, 0.4) is 0 Å². The predicted molar refractivity (Wildman–Crippen MR) is 85.1 cm³/mol. The normalized spacial score (nSPS) is 11.3. The van der Waals surface area contributed by atoms with E-state index in [0.717, 1.165) is 18.1 Å². The summed E-state index contributed by atoms with van der Waals surface area (Å²) in [5, 5.41) is 8.66. The van der Waals surface area contributed by atoms with Gasteiger partial charge in [-0.1, -0.05) is 31.5 Å². The van der Waals surface area contributed by atoms with Crippen molar-refractivity contribution in [2.75, 3.05) is 0 Å². The predicted octanol–water partition coefficient (Wildman–Crippen LogP) is 4.03. The van der Waals surface area contributed by atoms with Crippen molar-refractivity contribution in [1.29, 1.82) is 0 Å². The molecule has 0 atom stereocenters. The van der Waals surface area contributed by atoms with Gasteiger partial charge >= 0.3 is 0 Å². The molecule has 1 aromatic carbocycles. The van der Waals surface area contributed by atoms with Gasteiger partial charge < -0.3 is 5.32 Å². The number of benzene rings is 1. The van der Waals surface area contributed by atoms with Gasteiger partial charge in [-0.3, -0.25) is 4.68 Å². The molecule has 0 spiro atoms. The number of nitrogens with one attached hydrogen (secondary N) is 1. The first kappa shape index (κ1) is 15.1. The molecular weight excluding hydrogens is 270 g/mol. The number of hydrogen-bond acceptors (Lipinski definition) is 2. The molecule has 1 aromatic heterocycles. The molecule has 2 aromatic rings. The molecule has 2 rings (SSSR count). The van der Waals surface area contributed by atoms with E-state index < -0.39 is 0 Å². The summed E-state index contributed by atoms with van der Waals surface area (Å²) in [4.78, 5) is 0. The highest BCUT2D eigenvalue weighted by Crippen LogP contribution is 2.29. The van der Waals surface area contributed by atoms with E-state index in [2.05, 4.69) is 44.2 Å². The number of halogens is 1. The monoisotopic (exact) mass is 291 g/mol. The topological polar surface area (TPSA) is 29.9 Å². The third kappa shape index (κ3) is 3.22. The van der Waals surface area contributed by atoms with Crippen LogP contribution in [0.5, 0.6) is 0 Å². The molecule has 0 fully saturated rings. The average molecular weight is 292 g/mol. The van der Waals surface area contributed by atoms with Gasteiger partial charge in [0, 0.05) is 35.4 Å². The number of hydrogen-bond donors (Lipinski definition) is 1. The molecule has 4 heteroatoms. The summed E-state index contributed by atoms with van der Waals surface area (Å²) in [5.41, 5.74) is 4.80.